The summed E-state index contributed by atoms with van der Waals surface area (Å²) < 4.78 is 12.0. The highest BCUT2D eigenvalue weighted by Gasteiger charge is 2.47. The lowest BCUT2D eigenvalue weighted by Crippen LogP contribution is -2.64. The predicted molar refractivity (Wildman–Crippen MR) is 104 cm³/mol. The van der Waals surface area contributed by atoms with E-state index in [2.05, 4.69) is 28.3 Å². The van der Waals surface area contributed by atoms with Gasteiger partial charge in [-0.05, 0) is 61.2 Å². The molecule has 140 valence electrons. The van der Waals surface area contributed by atoms with Gasteiger partial charge in [-0.15, -0.1) is 11.3 Å². The molecule has 26 heavy (non-hydrogen) atoms. The average molecular weight is 373 g/mol. The highest BCUT2D eigenvalue weighted by atomic mass is 32.1. The van der Waals surface area contributed by atoms with E-state index in [9.17, 15) is 0 Å². The average Bonchev–Trinajstić information content (AvgIpc) is 3.04. The Kier molecular flexibility index (Phi) is 5.69. The molecule has 0 N–H and O–H groups in total. The quantitative estimate of drug-likeness (QED) is 0.687. The van der Waals surface area contributed by atoms with Crippen molar-refractivity contribution in [2.24, 2.45) is 5.92 Å². The van der Waals surface area contributed by atoms with Gasteiger partial charge < -0.3 is 9.47 Å². The fourth-order valence-corrected chi connectivity index (χ4v) is 5.10. The number of aryl methyl sites for hydroxylation is 1. The molecular formula is C21H28N2O2S. The Balaban J connectivity index is 1.18. The number of ether oxygens (including phenoxy) is 2. The molecule has 0 amide bonds. The number of hydrogen-bond acceptors (Lipinski definition) is 5. The van der Waals surface area contributed by atoms with Crippen LogP contribution in [0, 0.1) is 12.8 Å². The Hall–Kier alpha value is -1.27. The molecule has 4 rings (SSSR count). The zero-order valence-electron chi connectivity index (χ0n) is 15.5. The predicted octanol–water partition coefficient (Wildman–Crippen LogP) is 4.04. The van der Waals surface area contributed by atoms with E-state index in [1.807, 2.05) is 35.7 Å². The van der Waals surface area contributed by atoms with Crippen molar-refractivity contribution >= 4 is 11.3 Å². The molecule has 0 unspecified atom stereocenters. The van der Waals surface area contributed by atoms with E-state index < -0.39 is 0 Å². The van der Waals surface area contributed by atoms with E-state index in [4.69, 9.17) is 9.47 Å². The van der Waals surface area contributed by atoms with Crippen molar-refractivity contribution in [2.75, 3.05) is 26.3 Å². The topological polar surface area (TPSA) is 34.6 Å². The molecular weight excluding hydrogens is 344 g/mol. The molecule has 2 saturated heterocycles. The molecule has 2 aliphatic heterocycles. The van der Waals surface area contributed by atoms with Gasteiger partial charge in [0.15, 0.2) is 0 Å². The van der Waals surface area contributed by atoms with Gasteiger partial charge in [0.1, 0.15) is 0 Å². The van der Waals surface area contributed by atoms with Crippen LogP contribution < -0.4 is 0 Å². The first-order valence-electron chi connectivity index (χ1n) is 9.59. The molecule has 2 fully saturated rings. The van der Waals surface area contributed by atoms with Crippen LogP contribution in [0.15, 0.2) is 35.8 Å². The van der Waals surface area contributed by atoms with Crippen molar-refractivity contribution in [2.45, 2.75) is 44.9 Å². The Morgan fingerprint density at radius 3 is 3.04 bits per heavy atom. The molecule has 1 spiro atoms. The van der Waals surface area contributed by atoms with Gasteiger partial charge in [-0.3, -0.25) is 9.88 Å². The second kappa shape index (κ2) is 8.17. The summed E-state index contributed by atoms with van der Waals surface area (Å²) in [4.78, 5) is 8.33. The zero-order chi connectivity index (χ0) is 17.8. The molecule has 5 heteroatoms. The first-order chi connectivity index (χ1) is 12.7. The van der Waals surface area contributed by atoms with E-state index in [0.717, 1.165) is 50.9 Å². The van der Waals surface area contributed by atoms with Crippen molar-refractivity contribution in [3.63, 3.8) is 0 Å². The Labute approximate surface area is 160 Å². The second-order valence-corrected chi connectivity index (χ2v) is 8.73. The van der Waals surface area contributed by atoms with Gasteiger partial charge in [0.2, 0.25) is 0 Å². The van der Waals surface area contributed by atoms with Gasteiger partial charge in [-0.25, -0.2) is 0 Å². The first kappa shape index (κ1) is 18.1. The zero-order valence-corrected chi connectivity index (χ0v) is 16.3. The maximum atomic E-state index is 6.20. The molecule has 4 nitrogen and oxygen atoms in total. The second-order valence-electron chi connectivity index (χ2n) is 7.72. The minimum Gasteiger partial charge on any atom is -0.375 e. The van der Waals surface area contributed by atoms with E-state index in [1.165, 1.54) is 23.3 Å². The van der Waals surface area contributed by atoms with E-state index in [-0.39, 0.29) is 5.60 Å². The standard InChI is InChI=1S/C21H28N2O2S/c1-17-7-11-26-20(17)13-23-15-21(16-23)12-18(6-10-25-21)5-9-24-14-19-4-2-3-8-22-19/h2-4,7-8,11,18H,5-6,9-10,12-16H2,1H3/t18-/m1/s1. The summed E-state index contributed by atoms with van der Waals surface area (Å²) in [5.41, 5.74) is 2.53. The minimum absolute atomic E-state index is 0.106. The maximum Gasteiger partial charge on any atom is 0.0937 e. The molecule has 2 aromatic heterocycles. The SMILES string of the molecule is Cc1ccsc1CN1CC2(C[C@H](CCOCc3ccccn3)CCO2)C1. The third-order valence-corrected chi connectivity index (χ3v) is 6.61. The highest BCUT2D eigenvalue weighted by molar-refractivity contribution is 7.10. The van der Waals surface area contributed by atoms with Crippen LogP contribution in [0.1, 0.15) is 35.4 Å². The van der Waals surface area contributed by atoms with Crippen LogP contribution >= 0.6 is 11.3 Å². The lowest BCUT2D eigenvalue weighted by Gasteiger charge is -2.53. The number of rotatable bonds is 7. The van der Waals surface area contributed by atoms with Crippen LogP contribution in [0.2, 0.25) is 0 Å². The largest absolute Gasteiger partial charge is 0.375 e. The molecule has 0 saturated carbocycles. The van der Waals surface area contributed by atoms with Crippen molar-refractivity contribution in [1.29, 1.82) is 0 Å². The lowest BCUT2D eigenvalue weighted by atomic mass is 9.79. The van der Waals surface area contributed by atoms with E-state index >= 15 is 0 Å². The summed E-state index contributed by atoms with van der Waals surface area (Å²) in [5, 5.41) is 2.19. The number of aromatic nitrogens is 1. The third kappa shape index (κ3) is 4.34. The fourth-order valence-electron chi connectivity index (χ4n) is 4.16. The summed E-state index contributed by atoms with van der Waals surface area (Å²) in [6, 6.07) is 8.18. The summed E-state index contributed by atoms with van der Waals surface area (Å²) in [6.45, 7) is 7.77. The van der Waals surface area contributed by atoms with Crippen molar-refractivity contribution in [3.8, 4) is 0 Å². The van der Waals surface area contributed by atoms with Crippen molar-refractivity contribution < 1.29 is 9.47 Å². The molecule has 2 aliphatic rings. The number of hydrogen-bond donors (Lipinski definition) is 0. The highest BCUT2D eigenvalue weighted by Crippen LogP contribution is 2.39. The number of nitrogens with zero attached hydrogens (tertiary/aromatic N) is 2. The Bertz CT molecular complexity index is 697. The normalized spacial score (nSPS) is 22.4. The van der Waals surface area contributed by atoms with Gasteiger partial charge in [-0.1, -0.05) is 6.07 Å². The smallest absolute Gasteiger partial charge is 0.0937 e. The molecule has 0 radical (unpaired) electrons. The van der Waals surface area contributed by atoms with Gasteiger partial charge in [0, 0.05) is 43.9 Å². The monoisotopic (exact) mass is 372 g/mol. The van der Waals surface area contributed by atoms with E-state index in [1.54, 1.807) is 0 Å². The summed E-state index contributed by atoms with van der Waals surface area (Å²) in [7, 11) is 0. The van der Waals surface area contributed by atoms with Crippen LogP contribution in [0.3, 0.4) is 0 Å². The van der Waals surface area contributed by atoms with Crippen molar-refractivity contribution in [3.05, 3.63) is 52.0 Å². The Morgan fingerprint density at radius 1 is 1.35 bits per heavy atom. The summed E-state index contributed by atoms with van der Waals surface area (Å²) in [6.07, 6.45) is 5.29. The van der Waals surface area contributed by atoms with Crippen LogP contribution in [0.5, 0.6) is 0 Å². The molecule has 2 aromatic rings. The van der Waals surface area contributed by atoms with Crippen LogP contribution in [-0.2, 0) is 22.6 Å². The van der Waals surface area contributed by atoms with Gasteiger partial charge in [-0.2, -0.15) is 0 Å². The molecule has 0 aliphatic carbocycles. The summed E-state index contributed by atoms with van der Waals surface area (Å²) in [5.74, 6) is 0.720. The van der Waals surface area contributed by atoms with Crippen LogP contribution in [-0.4, -0.2) is 41.8 Å². The van der Waals surface area contributed by atoms with Crippen molar-refractivity contribution in [1.82, 2.24) is 9.88 Å². The number of pyridine rings is 1. The van der Waals surface area contributed by atoms with Gasteiger partial charge in [0.05, 0.1) is 17.9 Å². The lowest BCUT2D eigenvalue weighted by molar-refractivity contribution is -0.182. The minimum atomic E-state index is 0.106. The molecule has 4 heterocycles. The third-order valence-electron chi connectivity index (χ3n) is 5.60. The van der Waals surface area contributed by atoms with Crippen LogP contribution in [0.25, 0.3) is 0 Å². The van der Waals surface area contributed by atoms with Gasteiger partial charge in [0.25, 0.3) is 0 Å². The fraction of sp³-hybridized carbons (Fsp3) is 0.571. The Morgan fingerprint density at radius 2 is 2.27 bits per heavy atom. The number of thiophene rings is 1. The molecule has 1 atom stereocenters. The maximum absolute atomic E-state index is 6.20. The summed E-state index contributed by atoms with van der Waals surface area (Å²) >= 11 is 1.87. The van der Waals surface area contributed by atoms with Gasteiger partial charge >= 0.3 is 0 Å². The van der Waals surface area contributed by atoms with Crippen LogP contribution in [0.4, 0.5) is 0 Å². The molecule has 0 aromatic carbocycles. The van der Waals surface area contributed by atoms with E-state index in [0.29, 0.717) is 6.61 Å². The molecule has 0 bridgehead atoms. The number of likely N-dealkylation sites (tertiary alicyclic amines) is 1. The first-order valence-corrected chi connectivity index (χ1v) is 10.5.